The number of piperidine rings is 1. The molecule has 2 unspecified atom stereocenters. The largest absolute Gasteiger partial charge is 0.481 e. The first-order chi connectivity index (χ1) is 9.17. The minimum absolute atomic E-state index is 0.248. The average Bonchev–Trinajstić information content (AvgIpc) is 2.45. The predicted molar refractivity (Wildman–Crippen MR) is 73.5 cm³/mol. The Balaban J connectivity index is 2.22. The van der Waals surface area contributed by atoms with Gasteiger partial charge >= 0.3 is 0 Å². The van der Waals surface area contributed by atoms with Crippen molar-refractivity contribution in [3.63, 3.8) is 0 Å². The second-order valence-corrected chi connectivity index (χ2v) is 4.78. The van der Waals surface area contributed by atoms with E-state index in [2.05, 4.69) is 14.9 Å². The zero-order chi connectivity index (χ0) is 13.8. The molecule has 6 heteroatoms. The number of hydrogen-bond donors (Lipinski definition) is 1. The minimum atomic E-state index is 0.248. The Labute approximate surface area is 113 Å². The summed E-state index contributed by atoms with van der Waals surface area (Å²) in [5.41, 5.74) is 5.88. The van der Waals surface area contributed by atoms with Gasteiger partial charge in [-0.3, -0.25) is 0 Å². The van der Waals surface area contributed by atoms with Crippen LogP contribution in [0.25, 0.3) is 0 Å². The number of aromatic nitrogens is 2. The summed E-state index contributed by atoms with van der Waals surface area (Å²) in [4.78, 5) is 10.9. The molecule has 6 nitrogen and oxygen atoms in total. The monoisotopic (exact) mass is 266 g/mol. The van der Waals surface area contributed by atoms with Gasteiger partial charge in [0.25, 0.3) is 0 Å². The normalized spacial score (nSPS) is 23.5. The van der Waals surface area contributed by atoms with E-state index < -0.39 is 0 Å². The molecule has 2 rings (SSSR count). The van der Waals surface area contributed by atoms with Gasteiger partial charge in [0.2, 0.25) is 5.88 Å². The molecule has 2 N–H and O–H groups in total. The molecule has 0 saturated carbocycles. The van der Waals surface area contributed by atoms with E-state index in [1.807, 2.05) is 13.0 Å². The molecule has 2 atom stereocenters. The lowest BCUT2D eigenvalue weighted by Gasteiger charge is -2.39. The molecule has 1 saturated heterocycles. The van der Waals surface area contributed by atoms with Crippen molar-refractivity contribution in [3.05, 3.63) is 11.9 Å². The molecule has 1 aliphatic rings. The third-order valence-electron chi connectivity index (χ3n) is 3.58. The minimum Gasteiger partial charge on any atom is -0.481 e. The van der Waals surface area contributed by atoms with Crippen molar-refractivity contribution in [1.29, 1.82) is 0 Å². The summed E-state index contributed by atoms with van der Waals surface area (Å²) in [6.07, 6.45) is 2.20. The Bertz CT molecular complexity index is 427. The highest BCUT2D eigenvalue weighted by Crippen LogP contribution is 2.26. The summed E-state index contributed by atoms with van der Waals surface area (Å²) in [5.74, 6) is 2.18. The van der Waals surface area contributed by atoms with Gasteiger partial charge in [0.05, 0.1) is 13.2 Å². The number of rotatable bonds is 4. The molecule has 106 valence electrons. The maximum Gasteiger partial charge on any atom is 0.218 e. The lowest BCUT2D eigenvalue weighted by atomic mass is 9.99. The summed E-state index contributed by atoms with van der Waals surface area (Å²) in [7, 11) is 3.37. The zero-order valence-corrected chi connectivity index (χ0v) is 11.8. The first kappa shape index (κ1) is 14.0. The van der Waals surface area contributed by atoms with Crippen LogP contribution in [0.15, 0.2) is 6.07 Å². The van der Waals surface area contributed by atoms with Crippen LogP contribution in [-0.2, 0) is 4.74 Å². The SMILES string of the molecule is COc1cc(N2CCC(OC)CC2CN)nc(C)n1. The van der Waals surface area contributed by atoms with E-state index in [4.69, 9.17) is 15.2 Å². The topological polar surface area (TPSA) is 73.5 Å². The van der Waals surface area contributed by atoms with Gasteiger partial charge in [0.1, 0.15) is 11.6 Å². The molecule has 0 aliphatic carbocycles. The van der Waals surface area contributed by atoms with Gasteiger partial charge in [-0.1, -0.05) is 0 Å². The highest BCUT2D eigenvalue weighted by atomic mass is 16.5. The molecule has 0 spiro atoms. The van der Waals surface area contributed by atoms with Crippen LogP contribution < -0.4 is 15.4 Å². The molecule has 0 radical (unpaired) electrons. The fourth-order valence-electron chi connectivity index (χ4n) is 2.53. The molecular weight excluding hydrogens is 244 g/mol. The maximum atomic E-state index is 5.88. The van der Waals surface area contributed by atoms with Crippen molar-refractivity contribution in [2.45, 2.75) is 31.9 Å². The van der Waals surface area contributed by atoms with Crippen molar-refractivity contribution in [3.8, 4) is 5.88 Å². The molecule has 1 aliphatic heterocycles. The van der Waals surface area contributed by atoms with Crippen LogP contribution >= 0.6 is 0 Å². The zero-order valence-electron chi connectivity index (χ0n) is 11.8. The summed E-state index contributed by atoms with van der Waals surface area (Å²) in [6, 6.07) is 2.11. The number of anilines is 1. The molecule has 0 bridgehead atoms. The van der Waals surface area contributed by atoms with Crippen LogP contribution in [0.4, 0.5) is 5.82 Å². The first-order valence-electron chi connectivity index (χ1n) is 6.57. The number of ether oxygens (including phenoxy) is 2. The summed E-state index contributed by atoms with van der Waals surface area (Å²) in [5, 5.41) is 0. The van der Waals surface area contributed by atoms with E-state index in [0.717, 1.165) is 25.2 Å². The fourth-order valence-corrected chi connectivity index (χ4v) is 2.53. The maximum absolute atomic E-state index is 5.88. The number of methoxy groups -OCH3 is 2. The molecular formula is C13H22N4O2. The molecule has 0 amide bonds. The first-order valence-corrected chi connectivity index (χ1v) is 6.57. The average molecular weight is 266 g/mol. The predicted octanol–water partition coefficient (Wildman–Crippen LogP) is 0.736. The smallest absolute Gasteiger partial charge is 0.218 e. The second-order valence-electron chi connectivity index (χ2n) is 4.78. The van der Waals surface area contributed by atoms with Gasteiger partial charge in [-0.05, 0) is 19.8 Å². The third-order valence-corrected chi connectivity index (χ3v) is 3.58. The van der Waals surface area contributed by atoms with Gasteiger partial charge in [0, 0.05) is 32.3 Å². The van der Waals surface area contributed by atoms with E-state index in [-0.39, 0.29) is 12.1 Å². The summed E-state index contributed by atoms with van der Waals surface area (Å²) < 4.78 is 10.6. The molecule has 2 heterocycles. The lowest BCUT2D eigenvalue weighted by Crippen LogP contribution is -2.49. The molecule has 19 heavy (non-hydrogen) atoms. The van der Waals surface area contributed by atoms with Crippen molar-refractivity contribution in [2.75, 3.05) is 32.2 Å². The van der Waals surface area contributed by atoms with Crippen LogP contribution in [0.3, 0.4) is 0 Å². The lowest BCUT2D eigenvalue weighted by molar-refractivity contribution is 0.0707. The van der Waals surface area contributed by atoms with Crippen molar-refractivity contribution in [2.24, 2.45) is 5.73 Å². The Hall–Kier alpha value is -1.40. The van der Waals surface area contributed by atoms with E-state index >= 15 is 0 Å². The van der Waals surface area contributed by atoms with Gasteiger partial charge in [-0.2, -0.15) is 4.98 Å². The Morgan fingerprint density at radius 1 is 1.42 bits per heavy atom. The van der Waals surface area contributed by atoms with Crippen molar-refractivity contribution >= 4 is 5.82 Å². The molecule has 1 fully saturated rings. The fraction of sp³-hybridized carbons (Fsp3) is 0.692. The van der Waals surface area contributed by atoms with Gasteiger partial charge < -0.3 is 20.1 Å². The van der Waals surface area contributed by atoms with Crippen molar-refractivity contribution < 1.29 is 9.47 Å². The van der Waals surface area contributed by atoms with E-state index in [1.165, 1.54) is 0 Å². The number of hydrogen-bond acceptors (Lipinski definition) is 6. The Morgan fingerprint density at radius 2 is 2.21 bits per heavy atom. The molecule has 1 aromatic heterocycles. The molecule has 0 aromatic carbocycles. The van der Waals surface area contributed by atoms with E-state index in [0.29, 0.717) is 18.2 Å². The van der Waals surface area contributed by atoms with Gasteiger partial charge in [-0.15, -0.1) is 0 Å². The quantitative estimate of drug-likeness (QED) is 0.866. The highest BCUT2D eigenvalue weighted by molar-refractivity contribution is 5.43. The summed E-state index contributed by atoms with van der Waals surface area (Å²) >= 11 is 0. The Kier molecular flexibility index (Phi) is 4.55. The third kappa shape index (κ3) is 3.13. The van der Waals surface area contributed by atoms with Crippen LogP contribution in [0.5, 0.6) is 5.88 Å². The Morgan fingerprint density at radius 3 is 2.84 bits per heavy atom. The second kappa shape index (κ2) is 6.16. The molecule has 1 aromatic rings. The van der Waals surface area contributed by atoms with E-state index in [1.54, 1.807) is 14.2 Å². The van der Waals surface area contributed by atoms with Crippen molar-refractivity contribution in [1.82, 2.24) is 9.97 Å². The van der Waals surface area contributed by atoms with Gasteiger partial charge in [-0.25, -0.2) is 4.98 Å². The van der Waals surface area contributed by atoms with Crippen LogP contribution in [0.1, 0.15) is 18.7 Å². The standard InChI is InChI=1S/C13H22N4O2/c1-9-15-12(7-13(16-9)19-3)17-5-4-11(18-2)6-10(17)8-14/h7,10-11H,4-6,8,14H2,1-3H3. The summed E-state index contributed by atoms with van der Waals surface area (Å²) in [6.45, 7) is 3.34. The highest BCUT2D eigenvalue weighted by Gasteiger charge is 2.28. The number of aryl methyl sites for hydroxylation is 1. The van der Waals surface area contributed by atoms with Crippen LogP contribution in [-0.4, -0.2) is 49.4 Å². The number of nitrogens with zero attached hydrogens (tertiary/aromatic N) is 3. The van der Waals surface area contributed by atoms with E-state index in [9.17, 15) is 0 Å². The van der Waals surface area contributed by atoms with Gasteiger partial charge in [0.15, 0.2) is 0 Å². The van der Waals surface area contributed by atoms with Crippen LogP contribution in [0.2, 0.25) is 0 Å². The van der Waals surface area contributed by atoms with Crippen LogP contribution in [0, 0.1) is 6.92 Å². The number of nitrogens with two attached hydrogens (primary N) is 1.